The van der Waals surface area contributed by atoms with E-state index in [2.05, 4.69) is 29.7 Å². The molecule has 1 unspecified atom stereocenters. The molecule has 3 nitrogen and oxygen atoms in total. The second-order valence-electron chi connectivity index (χ2n) is 3.88. The zero-order valence-electron chi connectivity index (χ0n) is 9.13. The molecule has 1 aromatic rings. The fourth-order valence-electron chi connectivity index (χ4n) is 2.04. The van der Waals surface area contributed by atoms with E-state index in [1.807, 2.05) is 13.1 Å². The fraction of sp³-hybridized carbons (Fsp3) is 0.417. The normalized spacial score (nSPS) is 18.8. The number of benzene rings is 1. The third-order valence-electron chi connectivity index (χ3n) is 2.77. The maximum Gasteiger partial charge on any atom is 0.246 e. The summed E-state index contributed by atoms with van der Waals surface area (Å²) in [5.74, 6) is 0.0427. The second kappa shape index (κ2) is 4.03. The van der Waals surface area contributed by atoms with E-state index in [4.69, 9.17) is 0 Å². The van der Waals surface area contributed by atoms with E-state index in [0.717, 1.165) is 24.1 Å². The van der Waals surface area contributed by atoms with Gasteiger partial charge in [-0.25, -0.2) is 0 Å². The smallest absolute Gasteiger partial charge is 0.246 e. The Kier molecular flexibility index (Phi) is 2.73. The van der Waals surface area contributed by atoms with Crippen LogP contribution in [0.25, 0.3) is 0 Å². The van der Waals surface area contributed by atoms with Gasteiger partial charge < -0.3 is 10.6 Å². The lowest BCUT2D eigenvalue weighted by molar-refractivity contribution is -0.117. The summed E-state index contributed by atoms with van der Waals surface area (Å²) in [6, 6.07) is 6.02. The third-order valence-corrected chi connectivity index (χ3v) is 2.77. The van der Waals surface area contributed by atoms with Gasteiger partial charge in [-0.1, -0.05) is 25.5 Å². The van der Waals surface area contributed by atoms with E-state index in [1.54, 1.807) is 0 Å². The molecule has 1 atom stereocenters. The van der Waals surface area contributed by atoms with Crippen LogP contribution in [0.2, 0.25) is 0 Å². The molecule has 2 N–H and O–H groups in total. The number of carbonyl (C=O) groups is 1. The highest BCUT2D eigenvalue weighted by molar-refractivity contribution is 6.02. The van der Waals surface area contributed by atoms with Crippen LogP contribution < -0.4 is 10.6 Å². The molecule has 1 heterocycles. The van der Waals surface area contributed by atoms with E-state index < -0.39 is 0 Å². The summed E-state index contributed by atoms with van der Waals surface area (Å²) in [6.45, 7) is 2.16. The van der Waals surface area contributed by atoms with Crippen molar-refractivity contribution in [2.75, 3.05) is 12.4 Å². The molecule has 2 rings (SSSR count). The first-order valence-electron chi connectivity index (χ1n) is 5.37. The van der Waals surface area contributed by atoms with Crippen molar-refractivity contribution in [1.82, 2.24) is 5.32 Å². The van der Waals surface area contributed by atoms with Gasteiger partial charge in [-0.2, -0.15) is 0 Å². The summed E-state index contributed by atoms with van der Waals surface area (Å²) in [5, 5.41) is 5.89. The van der Waals surface area contributed by atoms with Gasteiger partial charge in [-0.3, -0.25) is 4.79 Å². The Morgan fingerprint density at radius 3 is 2.93 bits per heavy atom. The Morgan fingerprint density at radius 2 is 2.27 bits per heavy atom. The zero-order chi connectivity index (χ0) is 10.8. The van der Waals surface area contributed by atoms with Gasteiger partial charge in [0.1, 0.15) is 6.04 Å². The van der Waals surface area contributed by atoms with Crippen molar-refractivity contribution >= 4 is 11.6 Å². The molecule has 0 spiro atoms. The lowest BCUT2D eigenvalue weighted by atomic mass is 10.0. The molecule has 0 bridgehead atoms. The molecule has 0 saturated carbocycles. The summed E-state index contributed by atoms with van der Waals surface area (Å²) in [7, 11) is 1.81. The highest BCUT2D eigenvalue weighted by Crippen LogP contribution is 2.31. The lowest BCUT2D eigenvalue weighted by Gasteiger charge is -2.08. The minimum atomic E-state index is -0.184. The van der Waals surface area contributed by atoms with Gasteiger partial charge in [0.25, 0.3) is 0 Å². The molecule has 0 aromatic heterocycles. The number of hydrogen-bond donors (Lipinski definition) is 2. The Bertz CT molecular complexity index is 387. The number of anilines is 1. The van der Waals surface area contributed by atoms with Crippen LogP contribution in [0.3, 0.4) is 0 Å². The zero-order valence-corrected chi connectivity index (χ0v) is 9.13. The van der Waals surface area contributed by atoms with E-state index >= 15 is 0 Å². The van der Waals surface area contributed by atoms with Gasteiger partial charge in [0.2, 0.25) is 5.91 Å². The van der Waals surface area contributed by atoms with Gasteiger partial charge in [0, 0.05) is 11.3 Å². The van der Waals surface area contributed by atoms with Crippen molar-refractivity contribution in [2.24, 2.45) is 0 Å². The van der Waals surface area contributed by atoms with Crippen molar-refractivity contribution in [1.29, 1.82) is 0 Å². The van der Waals surface area contributed by atoms with Crippen molar-refractivity contribution in [3.05, 3.63) is 29.3 Å². The molecule has 0 fully saturated rings. The number of nitrogens with one attached hydrogen (secondary N) is 2. The average molecular weight is 204 g/mol. The number of carbonyl (C=O) groups excluding carboxylic acids is 1. The number of rotatable bonds is 3. The minimum absolute atomic E-state index is 0.0427. The maximum atomic E-state index is 11.6. The van der Waals surface area contributed by atoms with Gasteiger partial charge in [0.05, 0.1) is 0 Å². The molecule has 80 valence electrons. The summed E-state index contributed by atoms with van der Waals surface area (Å²) >= 11 is 0. The van der Waals surface area contributed by atoms with Crippen LogP contribution in [0.1, 0.15) is 30.5 Å². The third kappa shape index (κ3) is 1.75. The summed E-state index contributed by atoms with van der Waals surface area (Å²) in [5.41, 5.74) is 3.32. The van der Waals surface area contributed by atoms with Gasteiger partial charge in [0.15, 0.2) is 0 Å². The fourth-order valence-corrected chi connectivity index (χ4v) is 2.04. The van der Waals surface area contributed by atoms with Crippen molar-refractivity contribution < 1.29 is 4.79 Å². The Morgan fingerprint density at radius 1 is 1.47 bits per heavy atom. The quantitative estimate of drug-likeness (QED) is 0.789. The second-order valence-corrected chi connectivity index (χ2v) is 3.88. The Balaban J connectivity index is 2.35. The maximum absolute atomic E-state index is 11.6. The topological polar surface area (TPSA) is 41.1 Å². The van der Waals surface area contributed by atoms with Crippen LogP contribution in [-0.2, 0) is 11.2 Å². The first kappa shape index (κ1) is 10.2. The number of hydrogen-bond acceptors (Lipinski definition) is 2. The lowest BCUT2D eigenvalue weighted by Crippen LogP contribution is -2.23. The standard InChI is InChI=1S/C12H16N2O/c1-3-4-8-5-6-10-9(7-8)11(13-2)12(15)14-10/h5-7,11,13H,3-4H2,1-2H3,(H,14,15). The van der Waals surface area contributed by atoms with E-state index in [9.17, 15) is 4.79 Å². The minimum Gasteiger partial charge on any atom is -0.324 e. The Hall–Kier alpha value is -1.35. The molecule has 3 heteroatoms. The van der Waals surface area contributed by atoms with Crippen LogP contribution in [-0.4, -0.2) is 13.0 Å². The van der Waals surface area contributed by atoms with Crippen LogP contribution in [0, 0.1) is 0 Å². The molecule has 1 aliphatic heterocycles. The molecule has 15 heavy (non-hydrogen) atoms. The van der Waals surface area contributed by atoms with Gasteiger partial charge in [-0.05, 0) is 25.1 Å². The monoisotopic (exact) mass is 204 g/mol. The molecule has 1 amide bonds. The molecular weight excluding hydrogens is 188 g/mol. The van der Waals surface area contributed by atoms with Crippen molar-refractivity contribution in [2.45, 2.75) is 25.8 Å². The van der Waals surface area contributed by atoms with Crippen LogP contribution in [0.5, 0.6) is 0 Å². The van der Waals surface area contributed by atoms with E-state index in [0.29, 0.717) is 0 Å². The molecule has 0 saturated heterocycles. The molecule has 0 radical (unpaired) electrons. The van der Waals surface area contributed by atoms with Gasteiger partial charge in [-0.15, -0.1) is 0 Å². The van der Waals surface area contributed by atoms with Gasteiger partial charge >= 0.3 is 0 Å². The van der Waals surface area contributed by atoms with E-state index in [1.165, 1.54) is 5.56 Å². The van der Waals surface area contributed by atoms with E-state index in [-0.39, 0.29) is 11.9 Å². The van der Waals surface area contributed by atoms with Crippen LogP contribution >= 0.6 is 0 Å². The number of amides is 1. The predicted octanol–water partition coefficient (Wildman–Crippen LogP) is 1.85. The first-order valence-corrected chi connectivity index (χ1v) is 5.37. The first-order chi connectivity index (χ1) is 7.26. The highest BCUT2D eigenvalue weighted by Gasteiger charge is 2.28. The van der Waals surface area contributed by atoms with Crippen molar-refractivity contribution in [3.8, 4) is 0 Å². The largest absolute Gasteiger partial charge is 0.324 e. The molecule has 0 aliphatic carbocycles. The Labute approximate surface area is 89.9 Å². The SMILES string of the molecule is CCCc1ccc2c(c1)C(NC)C(=O)N2. The van der Waals surface area contributed by atoms with Crippen molar-refractivity contribution in [3.63, 3.8) is 0 Å². The number of fused-ring (bicyclic) bond motifs is 1. The molecular formula is C12H16N2O. The highest BCUT2D eigenvalue weighted by atomic mass is 16.2. The summed E-state index contributed by atoms with van der Waals surface area (Å²) in [4.78, 5) is 11.6. The predicted molar refractivity (Wildman–Crippen MR) is 60.9 cm³/mol. The summed E-state index contributed by atoms with van der Waals surface area (Å²) < 4.78 is 0. The van der Waals surface area contributed by atoms with Crippen LogP contribution in [0.4, 0.5) is 5.69 Å². The average Bonchev–Trinajstić information content (AvgIpc) is 2.53. The molecule has 1 aliphatic rings. The number of likely N-dealkylation sites (N-methyl/N-ethyl adjacent to an activating group) is 1. The summed E-state index contributed by atoms with van der Waals surface area (Å²) in [6.07, 6.45) is 2.20. The molecule has 1 aromatic carbocycles. The van der Waals surface area contributed by atoms with Crippen LogP contribution in [0.15, 0.2) is 18.2 Å². The number of aryl methyl sites for hydroxylation is 1.